The maximum atomic E-state index is 11.2. The summed E-state index contributed by atoms with van der Waals surface area (Å²) >= 11 is 0. The van der Waals surface area contributed by atoms with Gasteiger partial charge in [-0.1, -0.05) is 13.8 Å². The van der Waals surface area contributed by atoms with Crippen molar-refractivity contribution in [2.24, 2.45) is 5.92 Å². The Bertz CT molecular complexity index is 198. The van der Waals surface area contributed by atoms with E-state index in [1.165, 1.54) is 0 Å². The molecule has 0 bridgehead atoms. The summed E-state index contributed by atoms with van der Waals surface area (Å²) in [6, 6.07) is 0. The first-order valence-electron chi connectivity index (χ1n) is 5.01. The molecule has 0 rings (SSSR count). The van der Waals surface area contributed by atoms with E-state index >= 15 is 0 Å². The Kier molecular flexibility index (Phi) is 5.60. The Hall–Kier alpha value is -0.810. The molecule has 90 valence electrons. The molecule has 0 fully saturated rings. The zero-order chi connectivity index (χ0) is 12.1. The lowest BCUT2D eigenvalue weighted by molar-refractivity contribution is -0.0762. The van der Waals surface area contributed by atoms with Crippen LogP contribution in [-0.4, -0.2) is 29.5 Å². The third-order valence-electron chi connectivity index (χ3n) is 1.62. The second-order valence-corrected chi connectivity index (χ2v) is 4.69. The molecule has 0 aliphatic rings. The summed E-state index contributed by atoms with van der Waals surface area (Å²) in [7, 11) is 0. The second kappa shape index (κ2) is 5.92. The van der Waals surface area contributed by atoms with Crippen molar-refractivity contribution in [2.45, 2.75) is 46.3 Å². The zero-order valence-corrected chi connectivity index (χ0v) is 10.0. The fourth-order valence-electron chi connectivity index (χ4n) is 0.807. The summed E-state index contributed by atoms with van der Waals surface area (Å²) in [4.78, 5) is 16.1. The van der Waals surface area contributed by atoms with Gasteiger partial charge in [-0.15, -0.1) is 0 Å². The zero-order valence-electron chi connectivity index (χ0n) is 10.0. The normalized spacial score (nSPS) is 13.8. The Morgan fingerprint density at radius 2 is 1.93 bits per heavy atom. The van der Waals surface area contributed by atoms with Crippen molar-refractivity contribution in [3.05, 3.63) is 0 Å². The van der Waals surface area contributed by atoms with Gasteiger partial charge in [0.1, 0.15) is 11.7 Å². The molecule has 0 aliphatic heterocycles. The number of nitrogens with one attached hydrogen (secondary N) is 1. The average Bonchev–Trinajstić information content (AvgIpc) is 2.01. The van der Waals surface area contributed by atoms with E-state index in [0.717, 1.165) is 0 Å². The Balaban J connectivity index is 3.89. The van der Waals surface area contributed by atoms with Gasteiger partial charge in [0.05, 0.1) is 6.61 Å². The Morgan fingerprint density at radius 3 is 2.27 bits per heavy atom. The van der Waals surface area contributed by atoms with Crippen LogP contribution in [0.2, 0.25) is 0 Å². The van der Waals surface area contributed by atoms with Gasteiger partial charge in [0.2, 0.25) is 0 Å². The van der Waals surface area contributed by atoms with Crippen LogP contribution >= 0.6 is 0 Å². The molecule has 5 nitrogen and oxygen atoms in total. The van der Waals surface area contributed by atoms with Crippen LogP contribution in [0.15, 0.2) is 0 Å². The minimum atomic E-state index is -0.651. The summed E-state index contributed by atoms with van der Waals surface area (Å²) in [6.45, 7) is 8.92. The lowest BCUT2D eigenvalue weighted by atomic mass is 10.1. The fourth-order valence-corrected chi connectivity index (χ4v) is 0.807. The van der Waals surface area contributed by atoms with Crippen LogP contribution in [0, 0.1) is 5.92 Å². The van der Waals surface area contributed by atoms with Gasteiger partial charge in [-0.05, 0) is 26.7 Å². The van der Waals surface area contributed by atoms with E-state index in [2.05, 4.69) is 5.48 Å². The van der Waals surface area contributed by atoms with Crippen molar-refractivity contribution >= 4 is 6.09 Å². The Morgan fingerprint density at radius 1 is 1.40 bits per heavy atom. The number of hydrogen-bond donors (Lipinski definition) is 2. The minimum Gasteiger partial charge on any atom is -0.442 e. The SMILES string of the molecule is CC(C)[C@@H](CO)ONC(=O)OC(C)(C)C. The fraction of sp³-hybridized carbons (Fsp3) is 0.900. The molecule has 5 heteroatoms. The van der Waals surface area contributed by atoms with Gasteiger partial charge in [0.15, 0.2) is 0 Å². The van der Waals surface area contributed by atoms with Gasteiger partial charge in [-0.25, -0.2) is 4.79 Å². The molecule has 0 spiro atoms. The quantitative estimate of drug-likeness (QED) is 0.702. The molecule has 1 amide bonds. The molecular weight excluding hydrogens is 198 g/mol. The van der Waals surface area contributed by atoms with Gasteiger partial charge >= 0.3 is 6.09 Å². The van der Waals surface area contributed by atoms with E-state index in [4.69, 9.17) is 14.7 Å². The molecule has 0 aliphatic carbocycles. The summed E-state index contributed by atoms with van der Waals surface area (Å²) in [6.07, 6.45) is -1.07. The largest absolute Gasteiger partial charge is 0.442 e. The van der Waals surface area contributed by atoms with Gasteiger partial charge in [-0.2, -0.15) is 5.48 Å². The highest BCUT2D eigenvalue weighted by molar-refractivity contribution is 5.66. The number of aliphatic hydroxyl groups excluding tert-OH is 1. The van der Waals surface area contributed by atoms with E-state index in [1.807, 2.05) is 13.8 Å². The standard InChI is InChI=1S/C10H21NO4/c1-7(2)8(6-12)15-11-9(13)14-10(3,4)5/h7-8,12H,6H2,1-5H3,(H,11,13)/t8-/m1/s1. The molecule has 0 aromatic heterocycles. The number of carbonyl (C=O) groups is 1. The van der Waals surface area contributed by atoms with Gasteiger partial charge in [0, 0.05) is 0 Å². The highest BCUT2D eigenvalue weighted by atomic mass is 16.7. The number of rotatable bonds is 4. The molecule has 0 saturated heterocycles. The lowest BCUT2D eigenvalue weighted by Crippen LogP contribution is -2.38. The van der Waals surface area contributed by atoms with Gasteiger partial charge in [-0.3, -0.25) is 4.84 Å². The monoisotopic (exact) mass is 219 g/mol. The molecule has 0 unspecified atom stereocenters. The van der Waals surface area contributed by atoms with Crippen molar-refractivity contribution < 1.29 is 19.5 Å². The first-order chi connectivity index (χ1) is 6.76. The van der Waals surface area contributed by atoms with E-state index in [0.29, 0.717) is 0 Å². The van der Waals surface area contributed by atoms with E-state index in [-0.39, 0.29) is 12.5 Å². The average molecular weight is 219 g/mol. The highest BCUT2D eigenvalue weighted by Crippen LogP contribution is 2.08. The van der Waals surface area contributed by atoms with Crippen LogP contribution in [0.3, 0.4) is 0 Å². The number of aliphatic hydroxyl groups is 1. The first-order valence-corrected chi connectivity index (χ1v) is 5.01. The lowest BCUT2D eigenvalue weighted by Gasteiger charge is -2.22. The topological polar surface area (TPSA) is 67.8 Å². The van der Waals surface area contributed by atoms with E-state index in [1.54, 1.807) is 20.8 Å². The van der Waals surface area contributed by atoms with Crippen molar-refractivity contribution in [3.8, 4) is 0 Å². The van der Waals surface area contributed by atoms with Crippen LogP contribution in [0.25, 0.3) is 0 Å². The summed E-state index contributed by atoms with van der Waals surface area (Å²) in [5.41, 5.74) is 1.59. The number of hydroxylamine groups is 1. The summed E-state index contributed by atoms with van der Waals surface area (Å²) < 4.78 is 4.96. The first kappa shape index (κ1) is 14.2. The van der Waals surface area contributed by atoms with Crippen LogP contribution in [0.1, 0.15) is 34.6 Å². The molecule has 0 radical (unpaired) electrons. The summed E-state index contributed by atoms with van der Waals surface area (Å²) in [5.74, 6) is 0.116. The summed E-state index contributed by atoms with van der Waals surface area (Å²) in [5, 5.41) is 8.92. The molecule has 1 atom stereocenters. The number of ether oxygens (including phenoxy) is 1. The van der Waals surface area contributed by atoms with E-state index in [9.17, 15) is 4.79 Å². The smallest absolute Gasteiger partial charge is 0.431 e. The molecule has 15 heavy (non-hydrogen) atoms. The molecule has 0 aromatic carbocycles. The van der Waals surface area contributed by atoms with Gasteiger partial charge < -0.3 is 9.84 Å². The van der Waals surface area contributed by atoms with Gasteiger partial charge in [0.25, 0.3) is 0 Å². The number of hydrogen-bond acceptors (Lipinski definition) is 4. The van der Waals surface area contributed by atoms with Crippen molar-refractivity contribution in [3.63, 3.8) is 0 Å². The molecular formula is C10H21NO4. The van der Waals surface area contributed by atoms with Crippen molar-refractivity contribution in [1.82, 2.24) is 5.48 Å². The molecule has 0 heterocycles. The van der Waals surface area contributed by atoms with Crippen molar-refractivity contribution in [2.75, 3.05) is 6.61 Å². The van der Waals surface area contributed by atoms with Crippen molar-refractivity contribution in [1.29, 1.82) is 0 Å². The maximum absolute atomic E-state index is 11.2. The predicted octanol–water partition coefficient (Wildman–Crippen LogP) is 1.46. The maximum Gasteiger partial charge on any atom is 0.431 e. The Labute approximate surface area is 90.7 Å². The third-order valence-corrected chi connectivity index (χ3v) is 1.62. The third kappa shape index (κ3) is 7.16. The minimum absolute atomic E-state index is 0.116. The van der Waals surface area contributed by atoms with Crippen LogP contribution < -0.4 is 5.48 Å². The molecule has 0 saturated carbocycles. The molecule has 0 aromatic rings. The second-order valence-electron chi connectivity index (χ2n) is 4.69. The number of amides is 1. The molecule has 2 N–H and O–H groups in total. The van der Waals surface area contributed by atoms with Crippen LogP contribution in [0.5, 0.6) is 0 Å². The van der Waals surface area contributed by atoms with Crippen LogP contribution in [-0.2, 0) is 9.57 Å². The number of carbonyl (C=O) groups excluding carboxylic acids is 1. The van der Waals surface area contributed by atoms with Crippen LogP contribution in [0.4, 0.5) is 4.79 Å². The van der Waals surface area contributed by atoms with E-state index < -0.39 is 17.8 Å². The predicted molar refractivity (Wildman–Crippen MR) is 56.2 cm³/mol. The highest BCUT2D eigenvalue weighted by Gasteiger charge is 2.19.